The van der Waals surface area contributed by atoms with Gasteiger partial charge in [-0.3, -0.25) is 52.7 Å². The second kappa shape index (κ2) is 32.8. The number of alkyl halides is 3. The molecule has 3 aliphatic rings. The first kappa shape index (κ1) is 74.4. The summed E-state index contributed by atoms with van der Waals surface area (Å²) in [6.07, 6.45) is -2.33. The van der Waals surface area contributed by atoms with Crippen LogP contribution in [-0.4, -0.2) is 216 Å². The third-order valence-electron chi connectivity index (χ3n) is 17.9. The average Bonchev–Trinajstić information content (AvgIpc) is 2.07. The molecule has 2 aromatic rings. The molecule has 2 aliphatic heterocycles. The zero-order valence-electron chi connectivity index (χ0n) is 55.0. The summed E-state index contributed by atoms with van der Waals surface area (Å²) in [5, 5.41) is 10.9. The molecule has 2 saturated heterocycles. The van der Waals surface area contributed by atoms with Gasteiger partial charge in [-0.25, -0.2) is 0 Å². The number of nitrogens with one attached hydrogen (secondary N) is 4. The van der Waals surface area contributed by atoms with Gasteiger partial charge in [-0.2, -0.15) is 13.2 Å². The third-order valence-corrected chi connectivity index (χ3v) is 18.2. The van der Waals surface area contributed by atoms with Crippen LogP contribution in [0.2, 0.25) is 5.02 Å². The molecule has 11 amide bonds. The number of nitrogens with zero attached hydrogens (tertiary/aromatic N) is 7. The number of likely N-dealkylation sites (N-methyl/N-ethyl adjacent to an activating group) is 6. The first-order valence-electron chi connectivity index (χ1n) is 31.6. The lowest BCUT2D eigenvalue weighted by Crippen LogP contribution is -2.64. The smallest absolute Gasteiger partial charge is 0.351 e. The summed E-state index contributed by atoms with van der Waals surface area (Å²) in [5.74, 6) is -8.13. The van der Waals surface area contributed by atoms with Crippen LogP contribution >= 0.6 is 11.6 Å². The molecular weight excluding hydrogens is 1200 g/mol. The van der Waals surface area contributed by atoms with Gasteiger partial charge < -0.3 is 55.6 Å². The van der Waals surface area contributed by atoms with Crippen molar-refractivity contribution in [1.82, 2.24) is 55.6 Å². The third kappa shape index (κ3) is 19.6. The van der Waals surface area contributed by atoms with Crippen molar-refractivity contribution in [3.8, 4) is 0 Å². The van der Waals surface area contributed by atoms with Crippen molar-refractivity contribution in [1.29, 1.82) is 0 Å². The van der Waals surface area contributed by atoms with Crippen molar-refractivity contribution in [3.63, 3.8) is 0 Å². The zero-order valence-corrected chi connectivity index (χ0v) is 55.8. The highest BCUT2D eigenvalue weighted by Crippen LogP contribution is 2.36. The SMILES string of the molecule is CCC(C)[C@@H]1NC(=O)[C@H](CC(C)C)N(C)C(=O)C[C@@H](C)NC(=O)[C@H](C(C)C)N(C)C(=O)C2(CCCC2)NC(=O)[C@@H]2CCCN2C(=O)[C@H](CCc2ccc(C(F)(F)F)c(Cl)c2)NC(=O)CN(C)C(=O)[C@H](CCc2ccccc2)N(C)C(=O)CN(C)C(=O)CN(C)C1=O. The first-order valence-corrected chi connectivity index (χ1v) is 31.9. The number of carbonyl (C=O) groups excluding carboxylic acids is 11. The summed E-state index contributed by atoms with van der Waals surface area (Å²) in [6.45, 7) is 10.8. The minimum atomic E-state index is -4.75. The van der Waals surface area contributed by atoms with Crippen molar-refractivity contribution in [2.45, 2.75) is 186 Å². The topological polar surface area (TPSA) is 259 Å². The molecule has 1 spiro atoms. The number of amides is 11. The lowest BCUT2D eigenvalue weighted by molar-refractivity contribution is -0.149. The van der Waals surface area contributed by atoms with E-state index in [1.165, 1.54) is 68.0 Å². The number of aryl methyl sites for hydroxylation is 2. The molecule has 3 fully saturated rings. The minimum absolute atomic E-state index is 0.0457. The Hall–Kier alpha value is -7.31. The van der Waals surface area contributed by atoms with Crippen LogP contribution in [-0.2, 0) is 71.8 Å². The largest absolute Gasteiger partial charge is 0.417 e. The Bertz CT molecular complexity index is 2950. The van der Waals surface area contributed by atoms with Crippen LogP contribution in [0.5, 0.6) is 0 Å². The van der Waals surface area contributed by atoms with Crippen LogP contribution in [0, 0.1) is 17.8 Å². The summed E-state index contributed by atoms with van der Waals surface area (Å²) in [5.41, 5.74) is -1.45. The molecule has 22 nitrogen and oxygen atoms in total. The van der Waals surface area contributed by atoms with Crippen molar-refractivity contribution in [3.05, 3.63) is 70.2 Å². The van der Waals surface area contributed by atoms with E-state index < -0.39 is 161 Å². The number of rotatable bonds is 11. The van der Waals surface area contributed by atoms with Crippen LogP contribution in [0.25, 0.3) is 0 Å². The Labute approximate surface area is 538 Å². The molecule has 1 aliphatic carbocycles. The Morgan fingerprint density at radius 3 is 1.84 bits per heavy atom. The molecule has 504 valence electrons. The second-order valence-electron chi connectivity index (χ2n) is 25.9. The van der Waals surface area contributed by atoms with Crippen molar-refractivity contribution in [2.24, 2.45) is 17.8 Å². The Balaban J connectivity index is 1.55. The van der Waals surface area contributed by atoms with Crippen molar-refractivity contribution in [2.75, 3.05) is 68.5 Å². The fraction of sp³-hybridized carbons (Fsp3) is 0.646. The molecule has 1 unspecified atom stereocenters. The maximum Gasteiger partial charge on any atom is 0.417 e. The molecular formula is C65H95ClF3N11O11. The maximum absolute atomic E-state index is 15.0. The van der Waals surface area contributed by atoms with E-state index in [4.69, 9.17) is 11.6 Å². The van der Waals surface area contributed by atoms with Crippen LogP contribution in [0.1, 0.15) is 136 Å². The van der Waals surface area contributed by atoms with Crippen molar-refractivity contribution < 1.29 is 65.9 Å². The molecule has 4 N–H and O–H groups in total. The molecule has 0 aromatic heterocycles. The second-order valence-corrected chi connectivity index (χ2v) is 26.3. The predicted molar refractivity (Wildman–Crippen MR) is 336 cm³/mol. The first-order chi connectivity index (χ1) is 42.6. The Morgan fingerprint density at radius 1 is 0.637 bits per heavy atom. The Morgan fingerprint density at radius 2 is 1.24 bits per heavy atom. The average molecular weight is 1300 g/mol. The number of fused-ring (bicyclic) bond motifs is 1. The molecule has 2 aromatic carbocycles. The normalized spacial score (nSPS) is 24.9. The standard InChI is InChI=1S/C65H95ClF3N11O11/c1-14-41(6)55-62(90)76(10)37-53(83)74(8)38-54(84)77(11)49(29-26-43-21-16-15-17-22-43)61(89)75(9)36-51(81)71-47(28-25-44-24-27-45(46(66)35-44)65(67,68)69)60(88)80-32-20-23-48(80)58(86)73-64(30-18-19-31-64)63(91)79(13)56(40(4)5)59(87)70-42(7)34-52(82)78(12)50(33-39(2)3)57(85)72-55/h15-17,21-22,24,27,35,39-42,47-50,55-56H,14,18-20,23,25-26,28-34,36-38H2,1-13H3,(H,70,87)(H,71,81)(H,72,85)(H,73,86)/t41?,42-,47+,48+,49+,50+,55+,56+/m1/s1. The highest BCUT2D eigenvalue weighted by Gasteiger charge is 2.49. The van der Waals surface area contributed by atoms with E-state index >= 15 is 0 Å². The number of hydrogen-bond acceptors (Lipinski definition) is 11. The van der Waals surface area contributed by atoms with Gasteiger partial charge in [0.2, 0.25) is 65.0 Å². The van der Waals surface area contributed by atoms with Gasteiger partial charge in [-0.15, -0.1) is 0 Å². The van der Waals surface area contributed by atoms with Crippen LogP contribution in [0.15, 0.2) is 48.5 Å². The van der Waals surface area contributed by atoms with Crippen molar-refractivity contribution >= 4 is 76.6 Å². The zero-order chi connectivity index (χ0) is 68.0. The maximum atomic E-state index is 15.0. The quantitative estimate of drug-likeness (QED) is 0.237. The fourth-order valence-electron chi connectivity index (χ4n) is 12.3. The number of carbonyl (C=O) groups is 11. The molecule has 1 saturated carbocycles. The van der Waals surface area contributed by atoms with Gasteiger partial charge >= 0.3 is 6.18 Å². The van der Waals surface area contributed by atoms with E-state index in [1.54, 1.807) is 27.7 Å². The minimum Gasteiger partial charge on any atom is -0.351 e. The predicted octanol–water partition coefficient (Wildman–Crippen LogP) is 4.83. The number of hydrogen-bond donors (Lipinski definition) is 4. The fourth-order valence-corrected chi connectivity index (χ4v) is 12.6. The lowest BCUT2D eigenvalue weighted by Gasteiger charge is -2.39. The van der Waals surface area contributed by atoms with Crippen LogP contribution < -0.4 is 21.3 Å². The summed E-state index contributed by atoms with van der Waals surface area (Å²) >= 11 is 6.10. The summed E-state index contributed by atoms with van der Waals surface area (Å²) in [7, 11) is 8.40. The number of benzene rings is 2. The summed E-state index contributed by atoms with van der Waals surface area (Å²) < 4.78 is 41.3. The van der Waals surface area contributed by atoms with E-state index in [2.05, 4.69) is 21.3 Å². The highest BCUT2D eigenvalue weighted by atomic mass is 35.5. The molecule has 0 radical (unpaired) electrons. The van der Waals surface area contributed by atoms with Gasteiger partial charge in [0, 0.05) is 61.3 Å². The molecule has 0 bridgehead atoms. The molecule has 2 heterocycles. The van der Waals surface area contributed by atoms with Gasteiger partial charge in [0.25, 0.3) is 0 Å². The van der Waals surface area contributed by atoms with Gasteiger partial charge in [-0.1, -0.05) is 109 Å². The molecule has 5 rings (SSSR count). The Kier molecular flexibility index (Phi) is 26.8. The van der Waals surface area contributed by atoms with E-state index in [9.17, 15) is 65.9 Å². The van der Waals surface area contributed by atoms with Gasteiger partial charge in [0.1, 0.15) is 41.8 Å². The van der Waals surface area contributed by atoms with Gasteiger partial charge in [0.15, 0.2) is 0 Å². The lowest BCUT2D eigenvalue weighted by atomic mass is 9.92. The highest BCUT2D eigenvalue weighted by molar-refractivity contribution is 6.31. The number of halogens is 4. The summed E-state index contributed by atoms with van der Waals surface area (Å²) in [4.78, 5) is 168. The summed E-state index contributed by atoms with van der Waals surface area (Å²) in [6, 6.07) is 4.32. The van der Waals surface area contributed by atoms with E-state index in [0.29, 0.717) is 37.7 Å². The molecule has 91 heavy (non-hydrogen) atoms. The van der Waals surface area contributed by atoms with E-state index in [0.717, 1.165) is 32.4 Å². The van der Waals surface area contributed by atoms with Gasteiger partial charge in [-0.05, 0) is 106 Å². The van der Waals surface area contributed by atoms with Crippen LogP contribution in [0.4, 0.5) is 13.2 Å². The van der Waals surface area contributed by atoms with Gasteiger partial charge in [0.05, 0.1) is 30.2 Å². The van der Waals surface area contributed by atoms with Crippen LogP contribution in [0.3, 0.4) is 0 Å². The molecule has 8 atom stereocenters. The molecule has 26 heteroatoms. The van der Waals surface area contributed by atoms with E-state index in [-0.39, 0.29) is 63.8 Å². The van der Waals surface area contributed by atoms with E-state index in [1.807, 2.05) is 51.1 Å². The monoisotopic (exact) mass is 1300 g/mol.